The Morgan fingerprint density at radius 3 is 2.71 bits per heavy atom. The molecule has 8 heteroatoms. The SMILES string of the molecule is CCN(c1ccc(Cl)c(C(=O)NC(O)C2CCCCC2)c1)c1ccnc(Cl)n1. The van der Waals surface area contributed by atoms with Gasteiger partial charge in [-0.2, -0.15) is 0 Å². The Morgan fingerprint density at radius 2 is 2.04 bits per heavy atom. The number of nitrogens with one attached hydrogen (secondary N) is 1. The third kappa shape index (κ3) is 4.93. The molecular weight excluding hydrogens is 399 g/mol. The highest BCUT2D eigenvalue weighted by atomic mass is 35.5. The molecule has 0 aliphatic heterocycles. The highest BCUT2D eigenvalue weighted by Gasteiger charge is 2.24. The largest absolute Gasteiger partial charge is 0.373 e. The van der Waals surface area contributed by atoms with E-state index in [0.29, 0.717) is 22.9 Å². The number of rotatable bonds is 6. The molecule has 150 valence electrons. The first kappa shape index (κ1) is 20.8. The van der Waals surface area contributed by atoms with E-state index in [1.807, 2.05) is 17.9 Å². The number of aliphatic hydroxyl groups is 1. The van der Waals surface area contributed by atoms with Gasteiger partial charge in [0.1, 0.15) is 12.0 Å². The van der Waals surface area contributed by atoms with E-state index in [9.17, 15) is 9.90 Å². The number of halogens is 2. The summed E-state index contributed by atoms with van der Waals surface area (Å²) in [5.74, 6) is 0.329. The van der Waals surface area contributed by atoms with E-state index in [2.05, 4.69) is 15.3 Å². The van der Waals surface area contributed by atoms with Gasteiger partial charge in [0, 0.05) is 24.3 Å². The molecule has 1 heterocycles. The summed E-state index contributed by atoms with van der Waals surface area (Å²) in [4.78, 5) is 22.8. The van der Waals surface area contributed by atoms with Crippen LogP contribution in [-0.2, 0) is 0 Å². The van der Waals surface area contributed by atoms with Crippen molar-refractivity contribution in [3.8, 4) is 0 Å². The molecule has 2 aromatic rings. The maximum Gasteiger partial charge on any atom is 0.254 e. The highest BCUT2D eigenvalue weighted by molar-refractivity contribution is 6.34. The van der Waals surface area contributed by atoms with E-state index in [1.54, 1.807) is 24.4 Å². The Labute approximate surface area is 174 Å². The van der Waals surface area contributed by atoms with Crippen molar-refractivity contribution in [1.29, 1.82) is 0 Å². The number of carbonyl (C=O) groups is 1. The molecule has 1 unspecified atom stereocenters. The molecule has 1 amide bonds. The Hall–Kier alpha value is -1.89. The Balaban J connectivity index is 1.81. The molecule has 1 saturated carbocycles. The lowest BCUT2D eigenvalue weighted by Gasteiger charge is -2.27. The Morgan fingerprint density at radius 1 is 1.29 bits per heavy atom. The normalized spacial score (nSPS) is 15.9. The van der Waals surface area contributed by atoms with Gasteiger partial charge in [-0.05, 0) is 55.6 Å². The molecule has 1 aliphatic carbocycles. The summed E-state index contributed by atoms with van der Waals surface area (Å²) in [5, 5.41) is 13.6. The number of benzene rings is 1. The predicted molar refractivity (Wildman–Crippen MR) is 111 cm³/mol. The number of carbonyl (C=O) groups excluding carboxylic acids is 1. The van der Waals surface area contributed by atoms with Crippen molar-refractivity contribution in [3.05, 3.63) is 46.3 Å². The van der Waals surface area contributed by atoms with E-state index >= 15 is 0 Å². The third-order valence-electron chi connectivity index (χ3n) is 5.09. The van der Waals surface area contributed by atoms with E-state index in [-0.39, 0.29) is 17.1 Å². The summed E-state index contributed by atoms with van der Waals surface area (Å²) in [5.41, 5.74) is 1.06. The van der Waals surface area contributed by atoms with Gasteiger partial charge in [-0.15, -0.1) is 0 Å². The molecule has 0 saturated heterocycles. The van der Waals surface area contributed by atoms with Crippen LogP contribution in [0.2, 0.25) is 10.3 Å². The van der Waals surface area contributed by atoms with Gasteiger partial charge in [0.15, 0.2) is 0 Å². The van der Waals surface area contributed by atoms with Crippen molar-refractivity contribution < 1.29 is 9.90 Å². The van der Waals surface area contributed by atoms with Crippen LogP contribution in [0.15, 0.2) is 30.5 Å². The van der Waals surface area contributed by atoms with Crippen LogP contribution in [-0.4, -0.2) is 33.8 Å². The smallest absolute Gasteiger partial charge is 0.254 e. The fourth-order valence-electron chi connectivity index (χ4n) is 3.59. The Bertz CT molecular complexity index is 828. The molecule has 6 nitrogen and oxygen atoms in total. The van der Waals surface area contributed by atoms with Crippen molar-refractivity contribution in [3.63, 3.8) is 0 Å². The molecule has 1 fully saturated rings. The summed E-state index contributed by atoms with van der Waals surface area (Å²) in [6, 6.07) is 6.93. The monoisotopic (exact) mass is 422 g/mol. The van der Waals surface area contributed by atoms with Crippen molar-refractivity contribution in [1.82, 2.24) is 15.3 Å². The van der Waals surface area contributed by atoms with Crippen LogP contribution < -0.4 is 10.2 Å². The summed E-state index contributed by atoms with van der Waals surface area (Å²) >= 11 is 12.2. The molecule has 28 heavy (non-hydrogen) atoms. The van der Waals surface area contributed by atoms with Gasteiger partial charge >= 0.3 is 0 Å². The number of hydrogen-bond acceptors (Lipinski definition) is 5. The van der Waals surface area contributed by atoms with Gasteiger partial charge in [-0.3, -0.25) is 4.79 Å². The van der Waals surface area contributed by atoms with Gasteiger partial charge in [0.05, 0.1) is 10.6 Å². The first-order chi connectivity index (χ1) is 13.5. The lowest BCUT2D eigenvalue weighted by atomic mass is 9.88. The second-order valence-electron chi connectivity index (χ2n) is 6.91. The zero-order chi connectivity index (χ0) is 20.1. The molecule has 0 bridgehead atoms. The number of anilines is 2. The second kappa shape index (κ2) is 9.54. The number of nitrogens with zero attached hydrogens (tertiary/aromatic N) is 3. The average Bonchev–Trinajstić information content (AvgIpc) is 2.70. The van der Waals surface area contributed by atoms with Gasteiger partial charge in [-0.1, -0.05) is 30.9 Å². The number of aromatic nitrogens is 2. The minimum atomic E-state index is -0.865. The van der Waals surface area contributed by atoms with Crippen LogP contribution in [0, 0.1) is 5.92 Å². The molecule has 0 spiro atoms. The van der Waals surface area contributed by atoms with Gasteiger partial charge in [0.2, 0.25) is 5.28 Å². The van der Waals surface area contributed by atoms with Crippen LogP contribution in [0.25, 0.3) is 0 Å². The van der Waals surface area contributed by atoms with E-state index in [4.69, 9.17) is 23.2 Å². The Kier molecular flexibility index (Phi) is 7.10. The minimum absolute atomic E-state index is 0.0926. The van der Waals surface area contributed by atoms with Gasteiger partial charge in [0.25, 0.3) is 5.91 Å². The molecule has 2 N–H and O–H groups in total. The van der Waals surface area contributed by atoms with E-state index in [0.717, 1.165) is 31.4 Å². The van der Waals surface area contributed by atoms with Gasteiger partial charge in [-0.25, -0.2) is 9.97 Å². The topological polar surface area (TPSA) is 78.4 Å². The minimum Gasteiger partial charge on any atom is -0.373 e. The van der Waals surface area contributed by atoms with Crippen molar-refractivity contribution >= 4 is 40.6 Å². The number of hydrogen-bond donors (Lipinski definition) is 2. The maximum absolute atomic E-state index is 12.8. The first-order valence-electron chi connectivity index (χ1n) is 9.54. The summed E-state index contributed by atoms with van der Waals surface area (Å²) in [7, 11) is 0. The zero-order valence-electron chi connectivity index (χ0n) is 15.7. The quantitative estimate of drug-likeness (QED) is 0.526. The van der Waals surface area contributed by atoms with Crippen molar-refractivity contribution in [2.45, 2.75) is 45.3 Å². The van der Waals surface area contributed by atoms with Crippen LogP contribution in [0.5, 0.6) is 0 Å². The lowest BCUT2D eigenvalue weighted by molar-refractivity contribution is 0.0463. The fraction of sp³-hybridized carbons (Fsp3) is 0.450. The summed E-state index contributed by atoms with van der Waals surface area (Å²) in [6.07, 6.45) is 5.92. The van der Waals surface area contributed by atoms with Crippen LogP contribution in [0.4, 0.5) is 11.5 Å². The van der Waals surface area contributed by atoms with E-state index < -0.39 is 6.23 Å². The summed E-state index contributed by atoms with van der Waals surface area (Å²) in [6.45, 7) is 2.58. The predicted octanol–water partition coefficient (Wildman–Crippen LogP) is 4.57. The van der Waals surface area contributed by atoms with Crippen LogP contribution in [0.1, 0.15) is 49.4 Å². The molecule has 1 atom stereocenters. The number of aliphatic hydroxyl groups excluding tert-OH is 1. The lowest BCUT2D eigenvalue weighted by Crippen LogP contribution is -2.41. The maximum atomic E-state index is 12.8. The number of amides is 1. The van der Waals surface area contributed by atoms with E-state index in [1.165, 1.54) is 6.42 Å². The molecular formula is C20H24Cl2N4O2. The summed E-state index contributed by atoms with van der Waals surface area (Å²) < 4.78 is 0. The standard InChI is InChI=1S/C20H24Cl2N4O2/c1-2-26(17-10-11-23-20(22)24-17)14-8-9-16(21)15(12-14)19(28)25-18(27)13-6-4-3-5-7-13/h8-13,18,27H,2-7H2,1H3,(H,25,28). The molecule has 1 aliphatic rings. The first-order valence-corrected chi connectivity index (χ1v) is 10.3. The van der Waals surface area contributed by atoms with Crippen LogP contribution in [0.3, 0.4) is 0 Å². The van der Waals surface area contributed by atoms with Crippen LogP contribution >= 0.6 is 23.2 Å². The fourth-order valence-corrected chi connectivity index (χ4v) is 3.93. The second-order valence-corrected chi connectivity index (χ2v) is 7.65. The molecule has 3 rings (SSSR count). The molecule has 0 radical (unpaired) electrons. The van der Waals surface area contributed by atoms with Crippen molar-refractivity contribution in [2.24, 2.45) is 5.92 Å². The highest BCUT2D eigenvalue weighted by Crippen LogP contribution is 2.29. The average molecular weight is 423 g/mol. The van der Waals surface area contributed by atoms with Gasteiger partial charge < -0.3 is 15.3 Å². The zero-order valence-corrected chi connectivity index (χ0v) is 17.2. The third-order valence-corrected chi connectivity index (χ3v) is 5.60. The van der Waals surface area contributed by atoms with Crippen molar-refractivity contribution in [2.75, 3.05) is 11.4 Å². The molecule has 1 aromatic carbocycles. The molecule has 1 aromatic heterocycles.